The largest absolute Gasteiger partial charge is 0.459 e. The van der Waals surface area contributed by atoms with Crippen molar-refractivity contribution in [2.75, 3.05) is 0 Å². The van der Waals surface area contributed by atoms with Crippen LogP contribution < -0.4 is 0 Å². The van der Waals surface area contributed by atoms with Crippen LogP contribution in [0.15, 0.2) is 12.3 Å². The highest BCUT2D eigenvalue weighted by Gasteiger charge is 2.64. The minimum atomic E-state index is -6.48. The average Bonchev–Trinajstić information content (AvgIpc) is 3.09. The highest BCUT2D eigenvalue weighted by molar-refractivity contribution is 5.25. The molecule has 0 radical (unpaired) electrons. The number of aromatic nitrogens is 4. The van der Waals surface area contributed by atoms with Crippen molar-refractivity contribution >= 4 is 0 Å². The molecule has 0 atom stereocenters. The van der Waals surface area contributed by atoms with E-state index in [9.17, 15) is 57.1 Å². The highest BCUT2D eigenvalue weighted by Crippen LogP contribution is 2.48. The van der Waals surface area contributed by atoms with Crippen molar-refractivity contribution in [3.8, 4) is 0 Å². The topological polar surface area (TPSA) is 35.6 Å². The Kier molecular flexibility index (Phi) is 5.36. The van der Waals surface area contributed by atoms with Gasteiger partial charge >= 0.3 is 30.4 Å². The van der Waals surface area contributed by atoms with Gasteiger partial charge in [-0.15, -0.1) is 0 Å². The molecule has 0 aromatic carbocycles. The molecule has 0 spiro atoms. The molecule has 0 aliphatic rings. The Morgan fingerprint density at radius 3 is 1.70 bits per heavy atom. The van der Waals surface area contributed by atoms with Crippen LogP contribution in [0.1, 0.15) is 22.6 Å². The van der Waals surface area contributed by atoms with E-state index >= 15 is 0 Å². The van der Waals surface area contributed by atoms with Gasteiger partial charge in [0.2, 0.25) is 0 Å². The van der Waals surface area contributed by atoms with Crippen LogP contribution in [0.2, 0.25) is 0 Å². The van der Waals surface area contributed by atoms with E-state index in [2.05, 4.69) is 10.2 Å². The van der Waals surface area contributed by atoms with Gasteiger partial charge in [0.25, 0.3) is 0 Å². The van der Waals surface area contributed by atoms with Crippen LogP contribution in [0.4, 0.5) is 57.1 Å². The first kappa shape index (κ1) is 23.8. The van der Waals surface area contributed by atoms with Gasteiger partial charge in [0.1, 0.15) is 11.4 Å². The molecule has 0 unspecified atom stereocenters. The first-order valence-corrected chi connectivity index (χ1v) is 7.27. The van der Waals surface area contributed by atoms with Crippen molar-refractivity contribution in [1.29, 1.82) is 0 Å². The lowest BCUT2D eigenvalue weighted by Gasteiger charge is -2.20. The maximum Gasteiger partial charge on any atom is 0.459 e. The fraction of sp³-hybridized carbons (Fsp3) is 0.538. The van der Waals surface area contributed by atoms with Crippen molar-refractivity contribution in [2.45, 2.75) is 36.9 Å². The zero-order valence-electron chi connectivity index (χ0n) is 14.1. The number of alkyl halides is 13. The predicted octanol–water partition coefficient (Wildman–Crippen LogP) is 4.99. The van der Waals surface area contributed by atoms with E-state index < -0.39 is 70.3 Å². The normalized spacial score (nSPS) is 14.5. The standard InChI is InChI=1S/C13H7F13N4/c1-29-3-5(11(18,19)20)6(27-29)4-30-8(10(16,17)13(24,25)26)2-7(28-30)9(14,15)12(21,22)23/h2-3H,4H2,1H3. The van der Waals surface area contributed by atoms with Crippen LogP contribution in [0.3, 0.4) is 0 Å². The van der Waals surface area contributed by atoms with Gasteiger partial charge in [0.15, 0.2) is 0 Å². The Morgan fingerprint density at radius 1 is 0.767 bits per heavy atom. The van der Waals surface area contributed by atoms with E-state index in [0.717, 1.165) is 7.05 Å². The van der Waals surface area contributed by atoms with Gasteiger partial charge in [0, 0.05) is 13.2 Å². The van der Waals surface area contributed by atoms with E-state index in [1.165, 1.54) is 0 Å². The van der Waals surface area contributed by atoms with Crippen LogP contribution in [0.5, 0.6) is 0 Å². The Morgan fingerprint density at radius 2 is 1.27 bits per heavy atom. The Balaban J connectivity index is 2.70. The molecule has 2 heterocycles. The Hall–Kier alpha value is -2.49. The van der Waals surface area contributed by atoms with Crippen molar-refractivity contribution < 1.29 is 57.1 Å². The second kappa shape index (κ2) is 6.76. The van der Waals surface area contributed by atoms with Crippen molar-refractivity contribution in [3.05, 3.63) is 34.9 Å². The molecule has 0 bridgehead atoms. The van der Waals surface area contributed by atoms with Crippen LogP contribution in [-0.4, -0.2) is 31.9 Å². The summed E-state index contributed by atoms with van der Waals surface area (Å²) in [4.78, 5) is 0. The molecule has 17 heteroatoms. The second-order valence-electron chi connectivity index (χ2n) is 5.88. The third-order valence-electron chi connectivity index (χ3n) is 3.65. The van der Waals surface area contributed by atoms with Crippen molar-refractivity contribution in [3.63, 3.8) is 0 Å². The van der Waals surface area contributed by atoms with Gasteiger partial charge in [-0.25, -0.2) is 0 Å². The smallest absolute Gasteiger partial charge is 0.275 e. The van der Waals surface area contributed by atoms with E-state index in [1.807, 2.05) is 0 Å². The first-order chi connectivity index (χ1) is 13.2. The molecule has 0 saturated heterocycles. The molecule has 0 N–H and O–H groups in total. The minimum absolute atomic E-state index is 0.297. The zero-order valence-corrected chi connectivity index (χ0v) is 14.1. The number of aryl methyl sites for hydroxylation is 1. The summed E-state index contributed by atoms with van der Waals surface area (Å²) in [6.45, 7) is -1.70. The monoisotopic (exact) mass is 466 g/mol. The number of hydrogen-bond acceptors (Lipinski definition) is 2. The molecule has 170 valence electrons. The molecular formula is C13H7F13N4. The molecule has 0 aliphatic carbocycles. The summed E-state index contributed by atoms with van der Waals surface area (Å²) in [5.41, 5.74) is -7.97. The van der Waals surface area contributed by atoms with E-state index in [-0.39, 0.29) is 0 Å². The van der Waals surface area contributed by atoms with Gasteiger partial charge in [0.05, 0.1) is 17.8 Å². The molecule has 0 fully saturated rings. The quantitative estimate of drug-likeness (QED) is 0.596. The van der Waals surface area contributed by atoms with Crippen molar-refractivity contribution in [2.24, 2.45) is 7.05 Å². The van der Waals surface area contributed by atoms with Crippen LogP contribution in [-0.2, 0) is 31.6 Å². The molecule has 0 aliphatic heterocycles. The summed E-state index contributed by atoms with van der Waals surface area (Å²) in [6.07, 6.45) is -17.8. The van der Waals surface area contributed by atoms with Gasteiger partial charge in [-0.05, 0) is 6.07 Å². The number of hydrogen-bond donors (Lipinski definition) is 0. The lowest BCUT2D eigenvalue weighted by Crippen LogP contribution is -2.36. The second-order valence-corrected chi connectivity index (χ2v) is 5.88. The molecule has 2 rings (SSSR count). The summed E-state index contributed by atoms with van der Waals surface area (Å²) < 4.78 is 168. The predicted molar refractivity (Wildman–Crippen MR) is 69.4 cm³/mol. The van der Waals surface area contributed by atoms with Gasteiger partial charge < -0.3 is 0 Å². The zero-order chi connectivity index (χ0) is 23.5. The van der Waals surface area contributed by atoms with Crippen LogP contribution in [0, 0.1) is 0 Å². The summed E-state index contributed by atoms with van der Waals surface area (Å²) >= 11 is 0. The highest BCUT2D eigenvalue weighted by atomic mass is 19.4. The Labute approximate surface area is 156 Å². The lowest BCUT2D eigenvalue weighted by atomic mass is 10.1. The summed E-state index contributed by atoms with van der Waals surface area (Å²) in [7, 11) is 0.913. The van der Waals surface area contributed by atoms with Crippen molar-refractivity contribution in [1.82, 2.24) is 19.6 Å². The van der Waals surface area contributed by atoms with E-state index in [4.69, 9.17) is 0 Å². The number of nitrogens with zero attached hydrogens (tertiary/aromatic N) is 4. The summed E-state index contributed by atoms with van der Waals surface area (Å²) in [5.74, 6) is -12.0. The van der Waals surface area contributed by atoms with Gasteiger partial charge in [-0.3, -0.25) is 9.36 Å². The number of rotatable bonds is 4. The maximum atomic E-state index is 13.7. The molecule has 0 saturated carbocycles. The first-order valence-electron chi connectivity index (χ1n) is 7.27. The summed E-state index contributed by atoms with van der Waals surface area (Å²) in [6, 6.07) is -0.864. The van der Waals surface area contributed by atoms with Gasteiger partial charge in [-0.1, -0.05) is 0 Å². The fourth-order valence-electron chi connectivity index (χ4n) is 2.26. The molecule has 2 aromatic heterocycles. The minimum Gasteiger partial charge on any atom is -0.275 e. The third-order valence-corrected chi connectivity index (χ3v) is 3.65. The van der Waals surface area contributed by atoms with Crippen LogP contribution in [0.25, 0.3) is 0 Å². The lowest BCUT2D eigenvalue weighted by molar-refractivity contribution is -0.292. The Bertz CT molecular complexity index is 913. The maximum absolute atomic E-state index is 13.7. The molecular weight excluding hydrogens is 459 g/mol. The summed E-state index contributed by atoms with van der Waals surface area (Å²) in [5, 5.41) is 5.58. The molecule has 30 heavy (non-hydrogen) atoms. The van der Waals surface area contributed by atoms with Crippen LogP contribution >= 0.6 is 0 Å². The molecule has 4 nitrogen and oxygen atoms in total. The van der Waals surface area contributed by atoms with E-state index in [1.54, 1.807) is 0 Å². The fourth-order valence-corrected chi connectivity index (χ4v) is 2.26. The molecule has 2 aromatic rings. The van der Waals surface area contributed by atoms with Gasteiger partial charge in [-0.2, -0.15) is 67.3 Å². The SMILES string of the molecule is Cn1cc(C(F)(F)F)c(Cn2nc(C(F)(F)C(F)(F)F)cc2C(F)(F)C(F)(F)F)n1. The average molecular weight is 466 g/mol. The molecule has 0 amide bonds. The number of halogens is 13. The van der Waals surface area contributed by atoms with E-state index in [0.29, 0.717) is 10.9 Å². The third kappa shape index (κ3) is 4.05.